The highest BCUT2D eigenvalue weighted by Crippen LogP contribution is 2.27. The van der Waals surface area contributed by atoms with Crippen molar-refractivity contribution < 1.29 is 21.6 Å². The first-order valence-electron chi connectivity index (χ1n) is 8.33. The van der Waals surface area contributed by atoms with Crippen LogP contribution in [0.15, 0.2) is 70.5 Å². The second-order valence-corrected chi connectivity index (χ2v) is 9.59. The molecule has 0 aliphatic heterocycles. The summed E-state index contributed by atoms with van der Waals surface area (Å²) in [5, 5.41) is 0. The summed E-state index contributed by atoms with van der Waals surface area (Å²) >= 11 is 0. The van der Waals surface area contributed by atoms with Crippen LogP contribution >= 0.6 is 0 Å². The molecule has 1 aromatic heterocycles. The molecular weight excluding hydrogens is 400 g/mol. The molecule has 0 radical (unpaired) electrons. The van der Waals surface area contributed by atoms with Gasteiger partial charge in [0.2, 0.25) is 0 Å². The summed E-state index contributed by atoms with van der Waals surface area (Å²) in [6.45, 7) is 3.02. The van der Waals surface area contributed by atoms with Crippen molar-refractivity contribution >= 4 is 25.7 Å². The van der Waals surface area contributed by atoms with Crippen LogP contribution in [0.1, 0.15) is 11.4 Å². The number of hydrogen-bond acceptors (Lipinski definition) is 5. The Bertz CT molecular complexity index is 1210. The van der Waals surface area contributed by atoms with Gasteiger partial charge in [-0.1, -0.05) is 24.3 Å². The van der Waals surface area contributed by atoms with E-state index in [0.717, 1.165) is 3.97 Å². The van der Waals surface area contributed by atoms with Gasteiger partial charge in [0.1, 0.15) is 10.6 Å². The summed E-state index contributed by atoms with van der Waals surface area (Å²) in [5.74, 6) is 0.498. The number of methoxy groups -OCH3 is 1. The zero-order chi connectivity index (χ0) is 20.5. The Morgan fingerprint density at radius 3 is 2.21 bits per heavy atom. The van der Waals surface area contributed by atoms with E-state index in [0.29, 0.717) is 17.1 Å². The van der Waals surface area contributed by atoms with Crippen LogP contribution in [0.5, 0.6) is 5.75 Å². The van der Waals surface area contributed by atoms with Crippen LogP contribution in [0.3, 0.4) is 0 Å². The van der Waals surface area contributed by atoms with Gasteiger partial charge in [-0.15, -0.1) is 0 Å². The molecule has 148 valence electrons. The van der Waals surface area contributed by atoms with Crippen molar-refractivity contribution in [3.05, 3.63) is 72.1 Å². The first-order chi connectivity index (χ1) is 13.2. The number of benzene rings is 2. The van der Waals surface area contributed by atoms with Crippen molar-refractivity contribution in [3.63, 3.8) is 0 Å². The van der Waals surface area contributed by atoms with Crippen LogP contribution in [0.25, 0.3) is 0 Å². The summed E-state index contributed by atoms with van der Waals surface area (Å²) in [4.78, 5) is -0.0196. The van der Waals surface area contributed by atoms with Gasteiger partial charge in [-0.05, 0) is 44.2 Å². The van der Waals surface area contributed by atoms with Crippen LogP contribution < -0.4 is 9.46 Å². The van der Waals surface area contributed by atoms with Gasteiger partial charge in [-0.25, -0.2) is 20.8 Å². The Hall–Kier alpha value is -2.78. The molecule has 0 fully saturated rings. The number of rotatable bonds is 6. The lowest BCUT2D eigenvalue weighted by molar-refractivity contribution is 0.415. The van der Waals surface area contributed by atoms with Crippen molar-refractivity contribution in [1.82, 2.24) is 3.97 Å². The van der Waals surface area contributed by atoms with Crippen molar-refractivity contribution in [2.75, 3.05) is 11.8 Å². The van der Waals surface area contributed by atoms with E-state index in [-0.39, 0.29) is 15.5 Å². The molecule has 0 unspecified atom stereocenters. The van der Waals surface area contributed by atoms with E-state index >= 15 is 0 Å². The van der Waals surface area contributed by atoms with Gasteiger partial charge in [0.15, 0.2) is 0 Å². The summed E-state index contributed by atoms with van der Waals surface area (Å²) in [5.41, 5.74) is 0.721. The molecule has 7 nitrogen and oxygen atoms in total. The fraction of sp³-hybridized carbons (Fsp3) is 0.158. The third-order valence-electron chi connectivity index (χ3n) is 4.21. The van der Waals surface area contributed by atoms with Gasteiger partial charge in [-0.3, -0.25) is 4.72 Å². The molecule has 28 heavy (non-hydrogen) atoms. The van der Waals surface area contributed by atoms with Crippen molar-refractivity contribution in [2.24, 2.45) is 0 Å². The SMILES string of the molecule is COc1cccc(NS(=O)(=O)c2cc(C)n(S(=O)(=O)c3ccccc3)c2C)c1. The van der Waals surface area contributed by atoms with E-state index in [1.54, 1.807) is 43.3 Å². The van der Waals surface area contributed by atoms with Crippen LogP contribution in [0.4, 0.5) is 5.69 Å². The molecule has 2 aromatic carbocycles. The van der Waals surface area contributed by atoms with Crippen LogP contribution in [-0.4, -0.2) is 27.9 Å². The minimum Gasteiger partial charge on any atom is -0.497 e. The van der Waals surface area contributed by atoms with Crippen molar-refractivity contribution in [1.29, 1.82) is 0 Å². The van der Waals surface area contributed by atoms with Crippen LogP contribution in [-0.2, 0) is 20.0 Å². The van der Waals surface area contributed by atoms with E-state index < -0.39 is 20.0 Å². The Balaban J connectivity index is 2.06. The van der Waals surface area contributed by atoms with E-state index in [4.69, 9.17) is 4.74 Å². The fourth-order valence-electron chi connectivity index (χ4n) is 2.95. The third-order valence-corrected chi connectivity index (χ3v) is 7.62. The highest BCUT2D eigenvalue weighted by molar-refractivity contribution is 7.93. The quantitative estimate of drug-likeness (QED) is 0.661. The summed E-state index contributed by atoms with van der Waals surface area (Å²) < 4.78 is 60.4. The molecule has 0 aliphatic carbocycles. The highest BCUT2D eigenvalue weighted by atomic mass is 32.2. The standard InChI is InChI=1S/C19H20N2O5S2/c1-14-12-19(27(22,23)20-16-8-7-9-17(13-16)26-3)15(2)21(14)28(24,25)18-10-5-4-6-11-18/h4-13,20H,1-3H3. The predicted molar refractivity (Wildman–Crippen MR) is 107 cm³/mol. The molecule has 9 heteroatoms. The lowest BCUT2D eigenvalue weighted by Gasteiger charge is -2.12. The summed E-state index contributed by atoms with van der Waals surface area (Å²) in [7, 11) is -6.44. The molecule has 0 saturated heterocycles. The second-order valence-electron chi connectivity index (χ2n) is 6.16. The molecule has 3 rings (SSSR count). The molecule has 0 bridgehead atoms. The maximum Gasteiger partial charge on any atom is 0.268 e. The Morgan fingerprint density at radius 2 is 1.57 bits per heavy atom. The van der Waals surface area contributed by atoms with E-state index in [9.17, 15) is 16.8 Å². The summed E-state index contributed by atoms with van der Waals surface area (Å²) in [6, 6.07) is 15.7. The van der Waals surface area contributed by atoms with Gasteiger partial charge < -0.3 is 4.74 Å². The largest absolute Gasteiger partial charge is 0.497 e. The first-order valence-corrected chi connectivity index (χ1v) is 11.3. The number of hydrogen-bond donors (Lipinski definition) is 1. The molecule has 3 aromatic rings. The topological polar surface area (TPSA) is 94.5 Å². The number of aryl methyl sites for hydroxylation is 1. The average molecular weight is 421 g/mol. The molecule has 0 atom stereocenters. The minimum absolute atomic E-state index is 0.0847. The second kappa shape index (κ2) is 7.33. The average Bonchev–Trinajstić information content (AvgIpc) is 2.98. The lowest BCUT2D eigenvalue weighted by atomic mass is 10.3. The smallest absolute Gasteiger partial charge is 0.268 e. The van der Waals surface area contributed by atoms with Gasteiger partial charge in [0.25, 0.3) is 20.0 Å². The summed E-state index contributed by atoms with van der Waals surface area (Å²) in [6.07, 6.45) is 0. The third kappa shape index (κ3) is 3.63. The van der Waals surface area contributed by atoms with Gasteiger partial charge in [-0.2, -0.15) is 0 Å². The number of ether oxygens (including phenoxy) is 1. The fourth-order valence-corrected chi connectivity index (χ4v) is 5.97. The number of anilines is 1. The van der Waals surface area contributed by atoms with Gasteiger partial charge in [0.05, 0.1) is 23.4 Å². The molecule has 0 amide bonds. The number of aromatic nitrogens is 1. The molecule has 0 aliphatic rings. The highest BCUT2D eigenvalue weighted by Gasteiger charge is 2.28. The lowest BCUT2D eigenvalue weighted by Crippen LogP contribution is -2.18. The predicted octanol–water partition coefficient (Wildman–Crippen LogP) is 3.15. The molecule has 1 N–H and O–H groups in total. The first kappa shape index (κ1) is 20.0. The Labute approximate surface area is 164 Å². The Kier molecular flexibility index (Phi) is 5.22. The van der Waals surface area contributed by atoms with Crippen molar-refractivity contribution in [2.45, 2.75) is 23.6 Å². The van der Waals surface area contributed by atoms with Crippen molar-refractivity contribution in [3.8, 4) is 5.75 Å². The molecule has 0 saturated carbocycles. The monoisotopic (exact) mass is 420 g/mol. The number of sulfonamides is 1. The van der Waals surface area contributed by atoms with E-state index in [2.05, 4.69) is 4.72 Å². The van der Waals surface area contributed by atoms with Gasteiger partial charge >= 0.3 is 0 Å². The zero-order valence-corrected chi connectivity index (χ0v) is 17.2. The normalized spacial score (nSPS) is 12.0. The molecule has 1 heterocycles. The number of nitrogens with one attached hydrogen (secondary N) is 1. The molecular formula is C19H20N2O5S2. The number of nitrogens with zero attached hydrogens (tertiary/aromatic N) is 1. The Morgan fingerprint density at radius 1 is 0.893 bits per heavy atom. The van der Waals surface area contributed by atoms with Gasteiger partial charge in [0, 0.05) is 11.8 Å². The van der Waals surface area contributed by atoms with Crippen LogP contribution in [0.2, 0.25) is 0 Å². The molecule has 0 spiro atoms. The van der Waals surface area contributed by atoms with E-state index in [1.807, 2.05) is 0 Å². The maximum atomic E-state index is 13.0. The van der Waals surface area contributed by atoms with Crippen LogP contribution in [0, 0.1) is 13.8 Å². The zero-order valence-electron chi connectivity index (χ0n) is 15.6. The van der Waals surface area contributed by atoms with E-state index in [1.165, 1.54) is 38.3 Å². The maximum absolute atomic E-state index is 13.0. The minimum atomic E-state index is -4.00.